The zero-order valence-corrected chi connectivity index (χ0v) is 26.6. The van der Waals surface area contributed by atoms with Crippen molar-refractivity contribution >= 4 is 71.6 Å². The Labute approximate surface area is 283 Å². The van der Waals surface area contributed by atoms with Crippen molar-refractivity contribution in [3.05, 3.63) is 182 Å². The number of fused-ring (bicyclic) bond motifs is 8. The smallest absolute Gasteiger partial charge is 0.143 e. The number of aromatic nitrogens is 1. The van der Waals surface area contributed by atoms with Crippen molar-refractivity contribution < 1.29 is 4.42 Å². The van der Waals surface area contributed by atoms with Gasteiger partial charge in [0.25, 0.3) is 0 Å². The van der Waals surface area contributed by atoms with E-state index in [0.29, 0.717) is 0 Å². The predicted octanol–water partition coefficient (Wildman–Crippen LogP) is 13.0. The molecule has 0 aliphatic carbocycles. The van der Waals surface area contributed by atoms with E-state index in [4.69, 9.17) is 4.42 Å². The van der Waals surface area contributed by atoms with Crippen molar-refractivity contribution in [3.63, 3.8) is 0 Å². The Morgan fingerprint density at radius 3 is 1.67 bits per heavy atom. The van der Waals surface area contributed by atoms with Gasteiger partial charge in [0.05, 0.1) is 11.0 Å². The van der Waals surface area contributed by atoms with E-state index in [1.54, 1.807) is 0 Å². The van der Waals surface area contributed by atoms with Crippen LogP contribution in [0.4, 0.5) is 17.1 Å². The summed E-state index contributed by atoms with van der Waals surface area (Å²) in [7, 11) is 0. The van der Waals surface area contributed by atoms with Crippen molar-refractivity contribution in [1.82, 2.24) is 4.57 Å². The minimum Gasteiger partial charge on any atom is -0.455 e. The van der Waals surface area contributed by atoms with Crippen LogP contribution in [0.3, 0.4) is 0 Å². The van der Waals surface area contributed by atoms with Crippen LogP contribution in [0.5, 0.6) is 0 Å². The monoisotopic (exact) mass is 626 g/mol. The molecule has 0 atom stereocenters. The molecule has 0 saturated carbocycles. The summed E-state index contributed by atoms with van der Waals surface area (Å²) in [5.74, 6) is 0. The lowest BCUT2D eigenvalue weighted by molar-refractivity contribution is 0.672. The van der Waals surface area contributed by atoms with Gasteiger partial charge in [0.15, 0.2) is 0 Å². The number of hydrogen-bond donors (Lipinski definition) is 0. The first-order valence-corrected chi connectivity index (χ1v) is 16.7. The molecule has 8 aromatic carbocycles. The Hall–Kier alpha value is -6.58. The molecule has 2 aromatic heterocycles. The highest BCUT2D eigenvalue weighted by Gasteiger charge is 2.18. The average molecular weight is 627 g/mol. The van der Waals surface area contributed by atoms with Gasteiger partial charge in [-0.25, -0.2) is 0 Å². The van der Waals surface area contributed by atoms with Crippen molar-refractivity contribution in [2.45, 2.75) is 0 Å². The largest absolute Gasteiger partial charge is 0.455 e. The Bertz CT molecular complexity index is 2750. The maximum atomic E-state index is 6.48. The maximum Gasteiger partial charge on any atom is 0.143 e. The highest BCUT2D eigenvalue weighted by atomic mass is 16.3. The molecule has 0 N–H and O–H groups in total. The second-order valence-corrected chi connectivity index (χ2v) is 12.6. The fourth-order valence-electron chi connectivity index (χ4n) is 7.46. The van der Waals surface area contributed by atoms with Gasteiger partial charge in [-0.1, -0.05) is 109 Å². The van der Waals surface area contributed by atoms with Gasteiger partial charge in [-0.3, -0.25) is 0 Å². The van der Waals surface area contributed by atoms with Crippen molar-refractivity contribution in [2.75, 3.05) is 4.90 Å². The highest BCUT2D eigenvalue weighted by molar-refractivity contribution is 6.15. The Balaban J connectivity index is 1.13. The third-order valence-corrected chi connectivity index (χ3v) is 9.78. The molecule has 0 radical (unpaired) electrons. The minimum atomic E-state index is 0.885. The lowest BCUT2D eigenvalue weighted by Crippen LogP contribution is -2.10. The molecule has 10 aromatic rings. The zero-order valence-electron chi connectivity index (χ0n) is 26.6. The molecule has 10 rings (SSSR count). The van der Waals surface area contributed by atoms with E-state index in [1.165, 1.54) is 38.3 Å². The molecule has 0 saturated heterocycles. The molecule has 2 heterocycles. The van der Waals surface area contributed by atoms with E-state index < -0.39 is 0 Å². The molecule has 0 fully saturated rings. The van der Waals surface area contributed by atoms with Gasteiger partial charge in [0.1, 0.15) is 11.2 Å². The third kappa shape index (κ3) is 4.44. The van der Waals surface area contributed by atoms with Crippen molar-refractivity contribution in [3.8, 4) is 16.8 Å². The van der Waals surface area contributed by atoms with Gasteiger partial charge in [0, 0.05) is 49.7 Å². The number of furan rings is 1. The van der Waals surface area contributed by atoms with Gasteiger partial charge >= 0.3 is 0 Å². The minimum absolute atomic E-state index is 0.885. The van der Waals surface area contributed by atoms with Gasteiger partial charge in [0.2, 0.25) is 0 Å². The number of anilines is 3. The number of rotatable bonds is 5. The first-order valence-electron chi connectivity index (χ1n) is 16.7. The highest BCUT2D eigenvalue weighted by Crippen LogP contribution is 2.41. The quantitative estimate of drug-likeness (QED) is 0.190. The van der Waals surface area contributed by atoms with Crippen molar-refractivity contribution in [2.24, 2.45) is 0 Å². The van der Waals surface area contributed by atoms with Crippen LogP contribution in [0.25, 0.3) is 71.3 Å². The summed E-state index contributed by atoms with van der Waals surface area (Å²) in [5, 5.41) is 7.05. The third-order valence-electron chi connectivity index (χ3n) is 9.78. The van der Waals surface area contributed by atoms with Crippen LogP contribution < -0.4 is 4.90 Å². The second kappa shape index (κ2) is 11.0. The normalized spacial score (nSPS) is 11.7. The fraction of sp³-hybridized carbons (Fsp3) is 0. The molecule has 0 bridgehead atoms. The fourth-order valence-corrected chi connectivity index (χ4v) is 7.46. The molecular weight excluding hydrogens is 597 g/mol. The van der Waals surface area contributed by atoms with E-state index in [9.17, 15) is 0 Å². The Morgan fingerprint density at radius 1 is 0.388 bits per heavy atom. The standard InChI is InChI=1S/C46H30N2O/c1-2-10-31(11-3-1)32-18-21-34(22-19-32)47(37-27-29-45-42(30-37)41-28-20-33-12-4-5-13-38(33)46(41)49-45)35-23-25-36(26-24-35)48-43-16-8-6-14-39(43)40-15-7-9-17-44(40)48/h1-30H. The first kappa shape index (κ1) is 27.5. The average Bonchev–Trinajstić information content (AvgIpc) is 3.72. The predicted molar refractivity (Wildman–Crippen MR) is 206 cm³/mol. The summed E-state index contributed by atoms with van der Waals surface area (Å²) in [5.41, 5.74) is 11.0. The lowest BCUT2D eigenvalue weighted by atomic mass is 10.0. The summed E-state index contributed by atoms with van der Waals surface area (Å²) in [6.07, 6.45) is 0. The van der Waals surface area contributed by atoms with Gasteiger partial charge in [-0.05, 0) is 89.3 Å². The lowest BCUT2D eigenvalue weighted by Gasteiger charge is -2.26. The van der Waals surface area contributed by atoms with Crippen LogP contribution in [-0.2, 0) is 0 Å². The molecule has 0 aliphatic rings. The van der Waals surface area contributed by atoms with E-state index in [2.05, 4.69) is 191 Å². The summed E-state index contributed by atoms with van der Waals surface area (Å²) in [6.45, 7) is 0. The van der Waals surface area contributed by atoms with Gasteiger partial charge < -0.3 is 13.9 Å². The summed E-state index contributed by atoms with van der Waals surface area (Å²) in [4.78, 5) is 2.34. The molecule has 230 valence electrons. The van der Waals surface area contributed by atoms with Crippen LogP contribution >= 0.6 is 0 Å². The van der Waals surface area contributed by atoms with E-state index in [1.807, 2.05) is 0 Å². The van der Waals surface area contributed by atoms with Crippen LogP contribution in [0.1, 0.15) is 0 Å². The Morgan fingerprint density at radius 2 is 0.959 bits per heavy atom. The molecule has 0 amide bonds. The molecule has 0 aliphatic heterocycles. The molecule has 49 heavy (non-hydrogen) atoms. The Kier molecular flexibility index (Phi) is 6.18. The first-order chi connectivity index (χ1) is 24.3. The molecule has 3 heteroatoms. The second-order valence-electron chi connectivity index (χ2n) is 12.6. The van der Waals surface area contributed by atoms with Crippen LogP contribution in [0.2, 0.25) is 0 Å². The van der Waals surface area contributed by atoms with E-state index in [-0.39, 0.29) is 0 Å². The molecule has 3 nitrogen and oxygen atoms in total. The summed E-state index contributed by atoms with van der Waals surface area (Å²) >= 11 is 0. The number of para-hydroxylation sites is 2. The van der Waals surface area contributed by atoms with Crippen LogP contribution in [-0.4, -0.2) is 4.57 Å². The number of benzene rings is 8. The molecule has 0 spiro atoms. The van der Waals surface area contributed by atoms with Crippen molar-refractivity contribution in [1.29, 1.82) is 0 Å². The maximum absolute atomic E-state index is 6.48. The van der Waals surface area contributed by atoms with Crippen LogP contribution in [0.15, 0.2) is 186 Å². The number of nitrogens with zero attached hydrogens (tertiary/aromatic N) is 2. The van der Waals surface area contributed by atoms with E-state index >= 15 is 0 Å². The summed E-state index contributed by atoms with van der Waals surface area (Å²) < 4.78 is 8.85. The van der Waals surface area contributed by atoms with E-state index in [0.717, 1.165) is 50.1 Å². The van der Waals surface area contributed by atoms with Crippen LogP contribution in [0, 0.1) is 0 Å². The molecule has 0 unspecified atom stereocenters. The SMILES string of the molecule is c1ccc(-c2ccc(N(c3ccc(-n4c5ccccc5c5ccccc54)cc3)c3ccc4oc5c6ccccc6ccc5c4c3)cc2)cc1. The van der Waals surface area contributed by atoms with Gasteiger partial charge in [-0.2, -0.15) is 0 Å². The molecular formula is C46H30N2O. The topological polar surface area (TPSA) is 21.3 Å². The van der Waals surface area contributed by atoms with Gasteiger partial charge in [-0.15, -0.1) is 0 Å². The number of hydrogen-bond acceptors (Lipinski definition) is 2. The zero-order chi connectivity index (χ0) is 32.3. The summed E-state index contributed by atoms with van der Waals surface area (Å²) in [6, 6.07) is 65.0.